The first-order valence-electron chi connectivity index (χ1n) is 9.38. The van der Waals surface area contributed by atoms with E-state index in [0.29, 0.717) is 5.56 Å². The highest BCUT2D eigenvalue weighted by Crippen LogP contribution is 2.22. The summed E-state index contributed by atoms with van der Waals surface area (Å²) in [5.74, 6) is -1.87. The molecule has 0 spiro atoms. The quantitative estimate of drug-likeness (QED) is 0.496. The van der Waals surface area contributed by atoms with Crippen molar-refractivity contribution < 1.29 is 28.2 Å². The number of ether oxygens (including phenoxy) is 1. The molecule has 3 N–H and O–H groups in total. The Morgan fingerprint density at radius 3 is 2.52 bits per heavy atom. The largest absolute Gasteiger partial charge is 0.462 e. The van der Waals surface area contributed by atoms with Crippen molar-refractivity contribution in [3.05, 3.63) is 77.5 Å². The number of rotatable bonds is 7. The van der Waals surface area contributed by atoms with Gasteiger partial charge in [-0.3, -0.25) is 5.32 Å². The standard InChI is InChI=1S/C21H20F2N4O4/c1-2-31-20(29)15-11-24-27(12-18(28)13-7-9-14(22)10-8-13)19(15)26-21(30)25-17-6-4-3-5-16(17)23/h3-11,18,28H,2,12H2,1H3,(H2,25,26,30). The topological polar surface area (TPSA) is 105 Å². The SMILES string of the molecule is CCOC(=O)c1cnn(CC(O)c2ccc(F)cc2)c1NC(=O)Nc1ccccc1F. The van der Waals surface area contributed by atoms with Gasteiger partial charge in [-0.05, 0) is 36.8 Å². The minimum absolute atomic E-state index is 0.0446. The molecule has 0 saturated carbocycles. The van der Waals surface area contributed by atoms with Gasteiger partial charge in [-0.25, -0.2) is 23.1 Å². The van der Waals surface area contributed by atoms with Crippen LogP contribution in [0.5, 0.6) is 0 Å². The molecule has 0 fully saturated rings. The molecule has 3 aromatic rings. The number of amides is 2. The first-order valence-corrected chi connectivity index (χ1v) is 9.38. The molecule has 0 radical (unpaired) electrons. The van der Waals surface area contributed by atoms with Crippen LogP contribution in [0.2, 0.25) is 0 Å². The van der Waals surface area contributed by atoms with Crippen molar-refractivity contribution in [2.45, 2.75) is 19.6 Å². The second-order valence-corrected chi connectivity index (χ2v) is 6.44. The Hall–Kier alpha value is -3.79. The van der Waals surface area contributed by atoms with Crippen molar-refractivity contribution in [1.29, 1.82) is 0 Å². The Balaban J connectivity index is 1.84. The maximum Gasteiger partial charge on any atom is 0.343 e. The molecule has 1 aromatic heterocycles. The van der Waals surface area contributed by atoms with Crippen molar-refractivity contribution in [2.75, 3.05) is 17.2 Å². The Morgan fingerprint density at radius 2 is 1.84 bits per heavy atom. The normalized spacial score (nSPS) is 11.6. The van der Waals surface area contributed by atoms with Crippen molar-refractivity contribution in [3.8, 4) is 0 Å². The van der Waals surface area contributed by atoms with Crippen LogP contribution in [0, 0.1) is 11.6 Å². The molecule has 0 aliphatic carbocycles. The Labute approximate surface area is 176 Å². The summed E-state index contributed by atoms with van der Waals surface area (Å²) in [4.78, 5) is 24.7. The fourth-order valence-corrected chi connectivity index (χ4v) is 2.79. The lowest BCUT2D eigenvalue weighted by Gasteiger charge is -2.15. The number of benzene rings is 2. The molecule has 0 bridgehead atoms. The van der Waals surface area contributed by atoms with Crippen LogP contribution in [0.15, 0.2) is 54.7 Å². The average Bonchev–Trinajstić information content (AvgIpc) is 3.12. The van der Waals surface area contributed by atoms with Gasteiger partial charge in [0.15, 0.2) is 0 Å². The van der Waals surface area contributed by atoms with E-state index < -0.39 is 29.7 Å². The molecule has 1 heterocycles. The number of halogens is 2. The van der Waals surface area contributed by atoms with Gasteiger partial charge in [0.25, 0.3) is 0 Å². The smallest absolute Gasteiger partial charge is 0.343 e. The lowest BCUT2D eigenvalue weighted by molar-refractivity contribution is 0.0527. The molecule has 0 saturated heterocycles. The minimum Gasteiger partial charge on any atom is -0.462 e. The van der Waals surface area contributed by atoms with E-state index in [0.717, 1.165) is 0 Å². The number of aliphatic hydroxyl groups is 1. The number of esters is 1. The van der Waals surface area contributed by atoms with Gasteiger partial charge in [-0.1, -0.05) is 24.3 Å². The van der Waals surface area contributed by atoms with Crippen LogP contribution in [0.4, 0.5) is 25.1 Å². The first-order chi connectivity index (χ1) is 14.9. The molecule has 1 unspecified atom stereocenters. The van der Waals surface area contributed by atoms with Crippen molar-refractivity contribution in [3.63, 3.8) is 0 Å². The van der Waals surface area contributed by atoms with Crippen LogP contribution in [0.1, 0.15) is 28.9 Å². The second-order valence-electron chi connectivity index (χ2n) is 6.44. The van der Waals surface area contributed by atoms with Crippen molar-refractivity contribution >= 4 is 23.5 Å². The van der Waals surface area contributed by atoms with E-state index in [9.17, 15) is 23.5 Å². The summed E-state index contributed by atoms with van der Waals surface area (Å²) in [6, 6.07) is 9.98. The number of hydrogen-bond acceptors (Lipinski definition) is 5. The lowest BCUT2D eigenvalue weighted by atomic mass is 10.1. The third-order valence-electron chi connectivity index (χ3n) is 4.29. The number of aliphatic hydroxyl groups excluding tert-OH is 1. The molecule has 10 heteroatoms. The molecule has 8 nitrogen and oxygen atoms in total. The second kappa shape index (κ2) is 9.81. The Bertz CT molecular complexity index is 1070. The molecule has 2 amide bonds. The maximum atomic E-state index is 13.8. The number of urea groups is 1. The molecule has 31 heavy (non-hydrogen) atoms. The lowest BCUT2D eigenvalue weighted by Crippen LogP contribution is -2.24. The number of carbonyl (C=O) groups is 2. The maximum absolute atomic E-state index is 13.8. The van der Waals surface area contributed by atoms with Gasteiger partial charge in [0.2, 0.25) is 0 Å². The Morgan fingerprint density at radius 1 is 1.13 bits per heavy atom. The summed E-state index contributed by atoms with van der Waals surface area (Å²) in [7, 11) is 0. The van der Waals surface area contributed by atoms with E-state index in [1.807, 2.05) is 0 Å². The van der Waals surface area contributed by atoms with Crippen LogP contribution in [-0.2, 0) is 11.3 Å². The van der Waals surface area contributed by atoms with Crippen LogP contribution >= 0.6 is 0 Å². The summed E-state index contributed by atoms with van der Waals surface area (Å²) in [5, 5.41) is 19.3. The monoisotopic (exact) mass is 430 g/mol. The third-order valence-corrected chi connectivity index (χ3v) is 4.29. The highest BCUT2D eigenvalue weighted by atomic mass is 19.1. The van der Waals surface area contributed by atoms with Gasteiger partial charge in [-0.15, -0.1) is 0 Å². The van der Waals surface area contributed by atoms with Gasteiger partial charge in [0.05, 0.1) is 31.1 Å². The number of anilines is 2. The van der Waals surface area contributed by atoms with E-state index in [1.165, 1.54) is 53.3 Å². The van der Waals surface area contributed by atoms with Gasteiger partial charge in [-0.2, -0.15) is 5.10 Å². The van der Waals surface area contributed by atoms with Gasteiger partial charge >= 0.3 is 12.0 Å². The van der Waals surface area contributed by atoms with E-state index >= 15 is 0 Å². The number of para-hydroxylation sites is 1. The first kappa shape index (κ1) is 21.9. The molecule has 162 valence electrons. The average molecular weight is 430 g/mol. The zero-order chi connectivity index (χ0) is 22.4. The summed E-state index contributed by atoms with van der Waals surface area (Å²) >= 11 is 0. The van der Waals surface area contributed by atoms with Crippen LogP contribution in [0.3, 0.4) is 0 Å². The molecule has 3 rings (SSSR count). The molecule has 1 atom stereocenters. The van der Waals surface area contributed by atoms with Crippen LogP contribution < -0.4 is 10.6 Å². The zero-order valence-electron chi connectivity index (χ0n) is 16.5. The van der Waals surface area contributed by atoms with E-state index in [4.69, 9.17) is 4.74 Å². The van der Waals surface area contributed by atoms with E-state index in [2.05, 4.69) is 15.7 Å². The molecular weight excluding hydrogens is 410 g/mol. The van der Waals surface area contributed by atoms with Gasteiger partial charge in [0, 0.05) is 0 Å². The number of aromatic nitrogens is 2. The highest BCUT2D eigenvalue weighted by molar-refractivity contribution is 6.04. The Kier molecular flexibility index (Phi) is 6.93. The summed E-state index contributed by atoms with van der Waals surface area (Å²) in [6.07, 6.45) is 0.0828. The summed E-state index contributed by atoms with van der Waals surface area (Å²) in [6.45, 7) is 1.57. The van der Waals surface area contributed by atoms with E-state index in [-0.39, 0.29) is 30.2 Å². The molecule has 0 aliphatic heterocycles. The highest BCUT2D eigenvalue weighted by Gasteiger charge is 2.23. The predicted molar refractivity (Wildman–Crippen MR) is 109 cm³/mol. The molecule has 0 aliphatic rings. The van der Waals surface area contributed by atoms with Crippen LogP contribution in [-0.4, -0.2) is 33.5 Å². The fourth-order valence-electron chi connectivity index (χ4n) is 2.79. The zero-order valence-corrected chi connectivity index (χ0v) is 16.5. The molecular formula is C21H20F2N4O4. The minimum atomic E-state index is -1.11. The number of nitrogens with one attached hydrogen (secondary N) is 2. The third kappa shape index (κ3) is 5.43. The van der Waals surface area contributed by atoms with Crippen LogP contribution in [0.25, 0.3) is 0 Å². The number of nitrogens with zero attached hydrogens (tertiary/aromatic N) is 2. The van der Waals surface area contributed by atoms with Crippen molar-refractivity contribution in [2.24, 2.45) is 0 Å². The summed E-state index contributed by atoms with van der Waals surface area (Å²) in [5.41, 5.74) is 0.309. The molecule has 2 aromatic carbocycles. The predicted octanol–water partition coefficient (Wildman–Crippen LogP) is 3.72. The number of carbonyl (C=O) groups excluding carboxylic acids is 2. The van der Waals surface area contributed by atoms with Crippen molar-refractivity contribution in [1.82, 2.24) is 9.78 Å². The van der Waals surface area contributed by atoms with Gasteiger partial charge in [0.1, 0.15) is 23.0 Å². The van der Waals surface area contributed by atoms with E-state index in [1.54, 1.807) is 13.0 Å². The number of hydrogen-bond donors (Lipinski definition) is 3. The van der Waals surface area contributed by atoms with Gasteiger partial charge < -0.3 is 15.2 Å². The summed E-state index contributed by atoms with van der Waals surface area (Å²) < 4.78 is 33.1. The fraction of sp³-hybridized carbons (Fsp3) is 0.190.